The Labute approximate surface area is 118 Å². The number of nitrogens with zero attached hydrogens (tertiary/aromatic N) is 1. The van der Waals surface area contributed by atoms with E-state index in [2.05, 4.69) is 10.3 Å². The van der Waals surface area contributed by atoms with Crippen molar-refractivity contribution in [1.82, 2.24) is 4.98 Å². The Bertz CT molecular complexity index is 714. The molecule has 0 aliphatic carbocycles. The third kappa shape index (κ3) is 2.99. The molecule has 1 aromatic carbocycles. The number of rotatable bonds is 3. The summed E-state index contributed by atoms with van der Waals surface area (Å²) in [6, 6.07) is 11.8. The molecule has 0 saturated carbocycles. The third-order valence-corrected chi connectivity index (χ3v) is 3.00. The van der Waals surface area contributed by atoms with E-state index in [-0.39, 0.29) is 0 Å². The molecule has 0 aliphatic heterocycles. The predicted octanol–water partition coefficient (Wildman–Crippen LogP) is 4.46. The Kier molecular flexibility index (Phi) is 3.29. The SMILES string of the molecule is FC(F)(F)c1ccc(NCc2cc3ccccc3o2)cn1. The zero-order valence-electron chi connectivity index (χ0n) is 10.8. The van der Waals surface area contributed by atoms with E-state index in [9.17, 15) is 13.2 Å². The fourth-order valence-electron chi connectivity index (χ4n) is 1.98. The second kappa shape index (κ2) is 5.12. The number of pyridine rings is 1. The highest BCUT2D eigenvalue weighted by atomic mass is 19.4. The number of anilines is 1. The summed E-state index contributed by atoms with van der Waals surface area (Å²) in [4.78, 5) is 3.39. The van der Waals surface area contributed by atoms with E-state index in [1.54, 1.807) is 0 Å². The molecule has 108 valence electrons. The maximum Gasteiger partial charge on any atom is 0.433 e. The molecule has 0 fully saturated rings. The van der Waals surface area contributed by atoms with Gasteiger partial charge < -0.3 is 9.73 Å². The van der Waals surface area contributed by atoms with Crippen LogP contribution in [0.2, 0.25) is 0 Å². The predicted molar refractivity (Wildman–Crippen MR) is 72.8 cm³/mol. The molecule has 0 unspecified atom stereocenters. The molecule has 21 heavy (non-hydrogen) atoms. The molecule has 0 spiro atoms. The molecule has 1 N–H and O–H groups in total. The molecule has 2 heterocycles. The minimum Gasteiger partial charge on any atom is -0.459 e. The average Bonchev–Trinajstić information content (AvgIpc) is 2.87. The van der Waals surface area contributed by atoms with E-state index in [4.69, 9.17) is 4.42 Å². The van der Waals surface area contributed by atoms with Gasteiger partial charge in [0.05, 0.1) is 18.4 Å². The van der Waals surface area contributed by atoms with E-state index >= 15 is 0 Å². The van der Waals surface area contributed by atoms with Crippen molar-refractivity contribution in [2.45, 2.75) is 12.7 Å². The van der Waals surface area contributed by atoms with E-state index in [1.807, 2.05) is 30.3 Å². The molecule has 2 aromatic heterocycles. The molecule has 6 heteroatoms. The van der Waals surface area contributed by atoms with E-state index in [0.717, 1.165) is 23.2 Å². The van der Waals surface area contributed by atoms with Gasteiger partial charge in [0.15, 0.2) is 0 Å². The first kappa shape index (κ1) is 13.5. The van der Waals surface area contributed by atoms with Gasteiger partial charge in [0.2, 0.25) is 0 Å². The summed E-state index contributed by atoms with van der Waals surface area (Å²) in [5.74, 6) is 0.705. The minimum absolute atomic E-state index is 0.377. The highest BCUT2D eigenvalue weighted by molar-refractivity contribution is 5.77. The number of hydrogen-bond acceptors (Lipinski definition) is 3. The van der Waals surface area contributed by atoms with Crippen molar-refractivity contribution < 1.29 is 17.6 Å². The largest absolute Gasteiger partial charge is 0.459 e. The Morgan fingerprint density at radius 2 is 1.90 bits per heavy atom. The lowest BCUT2D eigenvalue weighted by Gasteiger charge is -2.07. The Morgan fingerprint density at radius 3 is 2.57 bits per heavy atom. The second-order valence-corrected chi connectivity index (χ2v) is 4.53. The number of aromatic nitrogens is 1. The molecule has 0 bridgehead atoms. The quantitative estimate of drug-likeness (QED) is 0.774. The summed E-state index contributed by atoms with van der Waals surface area (Å²) in [5.41, 5.74) is 0.375. The van der Waals surface area contributed by atoms with Gasteiger partial charge in [-0.3, -0.25) is 0 Å². The molecule has 0 amide bonds. The summed E-state index contributed by atoms with van der Waals surface area (Å²) in [6.45, 7) is 0.377. The number of benzene rings is 1. The monoisotopic (exact) mass is 292 g/mol. The average molecular weight is 292 g/mol. The number of nitrogens with one attached hydrogen (secondary N) is 1. The molecule has 0 saturated heterocycles. The molecule has 0 atom stereocenters. The van der Waals surface area contributed by atoms with Crippen LogP contribution in [0.5, 0.6) is 0 Å². The van der Waals surface area contributed by atoms with Crippen LogP contribution in [0, 0.1) is 0 Å². The van der Waals surface area contributed by atoms with Crippen LogP contribution in [0.15, 0.2) is 53.1 Å². The Morgan fingerprint density at radius 1 is 1.10 bits per heavy atom. The fourth-order valence-corrected chi connectivity index (χ4v) is 1.98. The molecule has 0 aliphatic rings. The van der Waals surface area contributed by atoms with Gasteiger partial charge in [-0.1, -0.05) is 18.2 Å². The van der Waals surface area contributed by atoms with Gasteiger partial charge in [-0.05, 0) is 24.3 Å². The van der Waals surface area contributed by atoms with Crippen LogP contribution in [0.25, 0.3) is 11.0 Å². The first-order chi connectivity index (χ1) is 10.0. The van der Waals surface area contributed by atoms with Crippen LogP contribution in [0.1, 0.15) is 11.5 Å². The van der Waals surface area contributed by atoms with Crippen molar-refractivity contribution in [3.05, 3.63) is 60.1 Å². The standard InChI is InChI=1S/C15H11F3N2O/c16-15(17,18)14-6-5-11(8-20-14)19-9-12-7-10-3-1-2-4-13(10)21-12/h1-8,19H,9H2. The molecule has 3 aromatic rings. The van der Waals surface area contributed by atoms with E-state index in [0.29, 0.717) is 18.0 Å². The number of fused-ring (bicyclic) bond motifs is 1. The smallest absolute Gasteiger partial charge is 0.433 e. The van der Waals surface area contributed by atoms with Crippen LogP contribution in [-0.2, 0) is 12.7 Å². The molecule has 0 radical (unpaired) electrons. The summed E-state index contributed by atoms with van der Waals surface area (Å²) in [6.07, 6.45) is -3.26. The van der Waals surface area contributed by atoms with Gasteiger partial charge in [-0.2, -0.15) is 13.2 Å². The maximum absolute atomic E-state index is 12.4. The molecular formula is C15H11F3N2O. The van der Waals surface area contributed by atoms with Gasteiger partial charge in [0.25, 0.3) is 0 Å². The highest BCUT2D eigenvalue weighted by Crippen LogP contribution is 2.28. The fraction of sp³-hybridized carbons (Fsp3) is 0.133. The van der Waals surface area contributed by atoms with Crippen molar-refractivity contribution in [3.63, 3.8) is 0 Å². The maximum atomic E-state index is 12.4. The third-order valence-electron chi connectivity index (χ3n) is 3.00. The lowest BCUT2D eigenvalue weighted by atomic mass is 10.2. The van der Waals surface area contributed by atoms with Crippen LogP contribution < -0.4 is 5.32 Å². The number of halogens is 3. The van der Waals surface area contributed by atoms with Crippen molar-refractivity contribution in [2.75, 3.05) is 5.32 Å². The van der Waals surface area contributed by atoms with Gasteiger partial charge in [0, 0.05) is 5.39 Å². The molecule has 3 nitrogen and oxygen atoms in total. The topological polar surface area (TPSA) is 38.1 Å². The number of hydrogen-bond donors (Lipinski definition) is 1. The summed E-state index contributed by atoms with van der Waals surface area (Å²) >= 11 is 0. The first-order valence-electron chi connectivity index (χ1n) is 6.27. The van der Waals surface area contributed by atoms with Crippen molar-refractivity contribution in [3.8, 4) is 0 Å². The van der Waals surface area contributed by atoms with Crippen LogP contribution in [0.4, 0.5) is 18.9 Å². The Balaban J connectivity index is 1.69. The normalized spacial score (nSPS) is 11.8. The van der Waals surface area contributed by atoms with E-state index < -0.39 is 11.9 Å². The van der Waals surface area contributed by atoms with Crippen molar-refractivity contribution >= 4 is 16.7 Å². The number of para-hydroxylation sites is 1. The van der Waals surface area contributed by atoms with Gasteiger partial charge in [0.1, 0.15) is 17.0 Å². The number of furan rings is 1. The Hall–Kier alpha value is -2.50. The molecular weight excluding hydrogens is 281 g/mol. The minimum atomic E-state index is -4.42. The second-order valence-electron chi connectivity index (χ2n) is 4.53. The van der Waals surface area contributed by atoms with Gasteiger partial charge in [-0.15, -0.1) is 0 Å². The lowest BCUT2D eigenvalue weighted by molar-refractivity contribution is -0.141. The van der Waals surface area contributed by atoms with Gasteiger partial charge >= 0.3 is 6.18 Å². The summed E-state index contributed by atoms with van der Waals surface area (Å²) in [5, 5.41) is 3.96. The number of alkyl halides is 3. The van der Waals surface area contributed by atoms with Crippen LogP contribution >= 0.6 is 0 Å². The lowest BCUT2D eigenvalue weighted by Crippen LogP contribution is -2.08. The molecule has 3 rings (SSSR count). The summed E-state index contributed by atoms with van der Waals surface area (Å²) in [7, 11) is 0. The zero-order chi connectivity index (χ0) is 14.9. The first-order valence-corrected chi connectivity index (χ1v) is 6.27. The zero-order valence-corrected chi connectivity index (χ0v) is 10.8. The van der Waals surface area contributed by atoms with Gasteiger partial charge in [-0.25, -0.2) is 4.98 Å². The van der Waals surface area contributed by atoms with Crippen LogP contribution in [-0.4, -0.2) is 4.98 Å². The van der Waals surface area contributed by atoms with E-state index in [1.165, 1.54) is 6.07 Å². The summed E-state index contributed by atoms with van der Waals surface area (Å²) < 4.78 is 42.8. The van der Waals surface area contributed by atoms with Crippen LogP contribution in [0.3, 0.4) is 0 Å². The van der Waals surface area contributed by atoms with Crippen molar-refractivity contribution in [2.24, 2.45) is 0 Å². The highest BCUT2D eigenvalue weighted by Gasteiger charge is 2.31. The van der Waals surface area contributed by atoms with Crippen molar-refractivity contribution in [1.29, 1.82) is 0 Å².